The average molecular weight is 241 g/mol. The summed E-state index contributed by atoms with van der Waals surface area (Å²) >= 11 is 1.73. The first-order valence-electron chi connectivity index (χ1n) is 5.23. The smallest absolute Gasteiger partial charge is 0.137 e. The second-order valence-corrected chi connectivity index (χ2v) is 6.44. The first kappa shape index (κ1) is 13.3. The monoisotopic (exact) mass is 241 g/mol. The normalized spacial score (nSPS) is 13.6. The molecule has 0 saturated carbocycles. The molecule has 0 aliphatic carbocycles. The fraction of sp³-hybridized carbons (Fsp3) is 0.583. The van der Waals surface area contributed by atoms with Crippen LogP contribution in [0, 0.1) is 0 Å². The fourth-order valence-corrected chi connectivity index (χ4v) is 2.00. The van der Waals surface area contributed by atoms with Crippen molar-refractivity contribution in [3.8, 4) is 5.75 Å². The van der Waals surface area contributed by atoms with Crippen molar-refractivity contribution in [1.29, 1.82) is 0 Å². The summed E-state index contributed by atoms with van der Waals surface area (Å²) in [5.41, 5.74) is 0.802. The summed E-state index contributed by atoms with van der Waals surface area (Å²) in [7, 11) is 1.59. The number of aromatic nitrogens is 1. The van der Waals surface area contributed by atoms with Crippen LogP contribution in [0.1, 0.15) is 32.4 Å². The van der Waals surface area contributed by atoms with Crippen molar-refractivity contribution in [3.63, 3.8) is 0 Å². The molecule has 0 bridgehead atoms. The number of aliphatic hydroxyl groups is 1. The van der Waals surface area contributed by atoms with E-state index in [-0.39, 0.29) is 4.75 Å². The van der Waals surface area contributed by atoms with Gasteiger partial charge in [-0.2, -0.15) is 11.8 Å². The van der Waals surface area contributed by atoms with Gasteiger partial charge >= 0.3 is 0 Å². The predicted octanol–water partition coefficient (Wildman–Crippen LogP) is 2.66. The van der Waals surface area contributed by atoms with E-state index in [9.17, 15) is 5.11 Å². The maximum atomic E-state index is 9.99. The Kier molecular flexibility index (Phi) is 4.62. The molecule has 1 aromatic rings. The molecule has 16 heavy (non-hydrogen) atoms. The molecule has 0 saturated heterocycles. The Labute approximate surface area is 101 Å². The molecule has 90 valence electrons. The number of rotatable bonds is 4. The van der Waals surface area contributed by atoms with Crippen molar-refractivity contribution in [2.75, 3.05) is 12.9 Å². The fourth-order valence-electron chi connectivity index (χ4n) is 1.15. The molecule has 0 aromatic carbocycles. The molecule has 1 aromatic heterocycles. The van der Waals surface area contributed by atoms with Crippen molar-refractivity contribution >= 4 is 11.8 Å². The SMILES string of the molecule is COc1cncc(C(O)CSC(C)(C)C)c1. The minimum atomic E-state index is -0.494. The van der Waals surface area contributed by atoms with E-state index in [0.29, 0.717) is 11.5 Å². The molecular formula is C12H19NO2S. The molecule has 0 aliphatic heterocycles. The lowest BCUT2D eigenvalue weighted by molar-refractivity contribution is 0.203. The van der Waals surface area contributed by atoms with E-state index in [1.165, 1.54) is 0 Å². The summed E-state index contributed by atoms with van der Waals surface area (Å²) in [6.07, 6.45) is 2.82. The van der Waals surface area contributed by atoms with Gasteiger partial charge in [-0.05, 0) is 6.07 Å². The van der Waals surface area contributed by atoms with Gasteiger partial charge in [-0.15, -0.1) is 0 Å². The van der Waals surface area contributed by atoms with Gasteiger partial charge in [0.05, 0.1) is 19.4 Å². The Hall–Kier alpha value is -0.740. The number of hydrogen-bond donors (Lipinski definition) is 1. The highest BCUT2D eigenvalue weighted by Gasteiger charge is 2.15. The maximum Gasteiger partial charge on any atom is 0.137 e. The molecule has 1 rings (SSSR count). The summed E-state index contributed by atoms with van der Waals surface area (Å²) in [4.78, 5) is 4.03. The van der Waals surface area contributed by atoms with E-state index in [0.717, 1.165) is 5.56 Å². The van der Waals surface area contributed by atoms with E-state index in [1.54, 1.807) is 31.3 Å². The number of nitrogens with zero attached hydrogens (tertiary/aromatic N) is 1. The zero-order valence-electron chi connectivity index (χ0n) is 10.2. The van der Waals surface area contributed by atoms with Crippen molar-refractivity contribution in [2.24, 2.45) is 0 Å². The Morgan fingerprint density at radius 2 is 2.12 bits per heavy atom. The van der Waals surface area contributed by atoms with Crippen molar-refractivity contribution < 1.29 is 9.84 Å². The van der Waals surface area contributed by atoms with Crippen LogP contribution in [-0.4, -0.2) is 27.7 Å². The van der Waals surface area contributed by atoms with Crippen LogP contribution >= 0.6 is 11.8 Å². The molecule has 0 radical (unpaired) electrons. The standard InChI is InChI=1S/C12H19NO2S/c1-12(2,3)16-8-11(14)9-5-10(15-4)7-13-6-9/h5-7,11,14H,8H2,1-4H3. The molecule has 4 heteroatoms. The number of thioether (sulfide) groups is 1. The summed E-state index contributed by atoms with van der Waals surface area (Å²) in [5, 5.41) is 9.99. The third-order valence-corrected chi connectivity index (χ3v) is 3.38. The van der Waals surface area contributed by atoms with Gasteiger partial charge in [0.15, 0.2) is 0 Å². The van der Waals surface area contributed by atoms with Crippen LogP contribution in [0.4, 0.5) is 0 Å². The van der Waals surface area contributed by atoms with E-state index in [4.69, 9.17) is 4.74 Å². The van der Waals surface area contributed by atoms with Crippen LogP contribution in [0.15, 0.2) is 18.5 Å². The number of aliphatic hydroxyl groups excluding tert-OH is 1. The molecule has 0 amide bonds. The van der Waals surface area contributed by atoms with Crippen molar-refractivity contribution in [2.45, 2.75) is 31.6 Å². The summed E-state index contributed by atoms with van der Waals surface area (Å²) < 4.78 is 5.23. The second-order valence-electron chi connectivity index (χ2n) is 4.60. The molecule has 1 atom stereocenters. The van der Waals surface area contributed by atoms with Crippen LogP contribution in [0.5, 0.6) is 5.75 Å². The van der Waals surface area contributed by atoms with Gasteiger partial charge in [0.1, 0.15) is 5.75 Å². The lowest BCUT2D eigenvalue weighted by Gasteiger charge is -2.20. The van der Waals surface area contributed by atoms with Crippen molar-refractivity contribution in [1.82, 2.24) is 4.98 Å². The molecule has 3 nitrogen and oxygen atoms in total. The highest BCUT2D eigenvalue weighted by molar-refractivity contribution is 8.00. The van der Waals surface area contributed by atoms with Crippen molar-refractivity contribution in [3.05, 3.63) is 24.0 Å². The molecule has 0 spiro atoms. The summed E-state index contributed by atoms with van der Waals surface area (Å²) in [6, 6.07) is 1.82. The van der Waals surface area contributed by atoms with Gasteiger partial charge in [-0.3, -0.25) is 4.98 Å². The highest BCUT2D eigenvalue weighted by atomic mass is 32.2. The maximum absolute atomic E-state index is 9.99. The Morgan fingerprint density at radius 3 is 2.69 bits per heavy atom. The number of pyridine rings is 1. The zero-order valence-corrected chi connectivity index (χ0v) is 11.0. The van der Waals surface area contributed by atoms with Gasteiger partial charge in [0.25, 0.3) is 0 Å². The minimum absolute atomic E-state index is 0.160. The first-order valence-corrected chi connectivity index (χ1v) is 6.22. The van der Waals surface area contributed by atoms with Gasteiger partial charge in [0, 0.05) is 22.3 Å². The molecule has 1 unspecified atom stereocenters. The second kappa shape index (κ2) is 5.55. The summed E-state index contributed by atoms with van der Waals surface area (Å²) in [5.74, 6) is 1.34. The molecule has 1 N–H and O–H groups in total. The zero-order chi connectivity index (χ0) is 12.2. The number of methoxy groups -OCH3 is 1. The van der Waals surface area contributed by atoms with Crippen LogP contribution in [0.3, 0.4) is 0 Å². The van der Waals surface area contributed by atoms with Gasteiger partial charge in [-0.1, -0.05) is 20.8 Å². The van der Waals surface area contributed by atoms with Crippen LogP contribution in [0.25, 0.3) is 0 Å². The van der Waals surface area contributed by atoms with E-state index in [2.05, 4.69) is 25.8 Å². The quantitative estimate of drug-likeness (QED) is 0.880. The lowest BCUT2D eigenvalue weighted by Crippen LogP contribution is -2.12. The highest BCUT2D eigenvalue weighted by Crippen LogP contribution is 2.28. The average Bonchev–Trinajstić information content (AvgIpc) is 2.25. The van der Waals surface area contributed by atoms with E-state index in [1.807, 2.05) is 6.07 Å². The molecular weight excluding hydrogens is 222 g/mol. The third kappa shape index (κ3) is 4.41. The minimum Gasteiger partial charge on any atom is -0.495 e. The summed E-state index contributed by atoms with van der Waals surface area (Å²) in [6.45, 7) is 6.40. The molecule has 0 fully saturated rings. The van der Waals surface area contributed by atoms with Gasteiger partial charge < -0.3 is 9.84 Å². The Morgan fingerprint density at radius 1 is 1.44 bits per heavy atom. The Bertz CT molecular complexity index is 336. The third-order valence-electron chi connectivity index (χ3n) is 2.03. The molecule has 0 aliphatic rings. The van der Waals surface area contributed by atoms with Crippen LogP contribution < -0.4 is 4.74 Å². The molecule has 1 heterocycles. The van der Waals surface area contributed by atoms with Gasteiger partial charge in [0.2, 0.25) is 0 Å². The first-order chi connectivity index (χ1) is 7.42. The van der Waals surface area contributed by atoms with Crippen LogP contribution in [0.2, 0.25) is 0 Å². The Balaban J connectivity index is 2.62. The van der Waals surface area contributed by atoms with Crippen LogP contribution in [-0.2, 0) is 0 Å². The van der Waals surface area contributed by atoms with E-state index >= 15 is 0 Å². The van der Waals surface area contributed by atoms with Gasteiger partial charge in [-0.25, -0.2) is 0 Å². The predicted molar refractivity (Wildman–Crippen MR) is 68.0 cm³/mol. The lowest BCUT2D eigenvalue weighted by atomic mass is 10.2. The topological polar surface area (TPSA) is 42.4 Å². The van der Waals surface area contributed by atoms with E-state index < -0.39 is 6.10 Å². The number of hydrogen-bond acceptors (Lipinski definition) is 4. The number of ether oxygens (including phenoxy) is 1. The largest absolute Gasteiger partial charge is 0.495 e.